The van der Waals surface area contributed by atoms with Gasteiger partial charge in [0, 0.05) is 11.6 Å². The van der Waals surface area contributed by atoms with E-state index in [1.54, 1.807) is 50.3 Å². The van der Waals surface area contributed by atoms with Crippen molar-refractivity contribution in [2.75, 3.05) is 34.5 Å². The minimum absolute atomic E-state index is 0.195. The molecule has 2 aromatic carbocycles. The minimum Gasteiger partial charge on any atom is -0.496 e. The molecule has 0 spiro atoms. The summed E-state index contributed by atoms with van der Waals surface area (Å²) in [4.78, 5) is 32.1. The molecule has 0 saturated carbocycles. The van der Waals surface area contributed by atoms with Gasteiger partial charge in [-0.2, -0.15) is 0 Å². The molecular formula is C29H30N2O7S. The van der Waals surface area contributed by atoms with E-state index in [0.29, 0.717) is 55.8 Å². The van der Waals surface area contributed by atoms with Crippen molar-refractivity contribution in [3.63, 3.8) is 0 Å². The third-order valence-electron chi connectivity index (χ3n) is 6.10. The van der Waals surface area contributed by atoms with Gasteiger partial charge in [0.05, 0.1) is 49.8 Å². The third-order valence-corrected chi connectivity index (χ3v) is 7.09. The molecule has 204 valence electrons. The van der Waals surface area contributed by atoms with Gasteiger partial charge in [-0.3, -0.25) is 9.36 Å². The van der Waals surface area contributed by atoms with Crippen LogP contribution >= 0.6 is 11.3 Å². The van der Waals surface area contributed by atoms with Crippen LogP contribution in [0.25, 0.3) is 6.08 Å². The van der Waals surface area contributed by atoms with Crippen LogP contribution in [0, 0.1) is 0 Å². The number of hydrogen-bond donors (Lipinski definition) is 0. The summed E-state index contributed by atoms with van der Waals surface area (Å²) in [6, 6.07) is 9.95. The number of hydrogen-bond acceptors (Lipinski definition) is 9. The van der Waals surface area contributed by atoms with E-state index in [1.807, 2.05) is 12.1 Å². The fraction of sp³-hybridized carbons (Fsp3) is 0.276. The number of fused-ring (bicyclic) bond motifs is 1. The van der Waals surface area contributed by atoms with Crippen LogP contribution in [0.15, 0.2) is 70.1 Å². The van der Waals surface area contributed by atoms with E-state index in [1.165, 1.54) is 37.2 Å². The van der Waals surface area contributed by atoms with Crippen molar-refractivity contribution in [2.24, 2.45) is 4.99 Å². The first-order valence-corrected chi connectivity index (χ1v) is 13.0. The van der Waals surface area contributed by atoms with Crippen LogP contribution in [0.5, 0.6) is 23.0 Å². The maximum atomic E-state index is 13.9. The van der Waals surface area contributed by atoms with Gasteiger partial charge in [0.15, 0.2) is 16.3 Å². The van der Waals surface area contributed by atoms with Gasteiger partial charge in [-0.05, 0) is 43.7 Å². The first kappa shape index (κ1) is 27.7. The molecule has 2 heterocycles. The summed E-state index contributed by atoms with van der Waals surface area (Å²) in [5.74, 6) is 1.63. The van der Waals surface area contributed by atoms with E-state index < -0.39 is 12.0 Å². The molecule has 0 aliphatic carbocycles. The normalized spacial score (nSPS) is 14.8. The van der Waals surface area contributed by atoms with Crippen molar-refractivity contribution in [1.29, 1.82) is 0 Å². The van der Waals surface area contributed by atoms with Gasteiger partial charge >= 0.3 is 5.97 Å². The molecule has 1 aromatic heterocycles. The molecule has 0 bridgehead atoms. The summed E-state index contributed by atoms with van der Waals surface area (Å²) in [6.07, 6.45) is 3.38. The fourth-order valence-corrected chi connectivity index (χ4v) is 5.35. The van der Waals surface area contributed by atoms with Crippen molar-refractivity contribution >= 4 is 23.4 Å². The fourth-order valence-electron chi connectivity index (χ4n) is 4.32. The SMILES string of the molecule is C=CCOc1ccc(C2C(C(=O)OCC)=C(C)N=c3s/c(=C\c4cc(OC)c(OC)cc4OC)c(=O)n32)cc1. The van der Waals surface area contributed by atoms with E-state index >= 15 is 0 Å². The third kappa shape index (κ3) is 5.46. The molecular weight excluding hydrogens is 520 g/mol. The van der Waals surface area contributed by atoms with E-state index in [2.05, 4.69) is 11.6 Å². The van der Waals surface area contributed by atoms with Crippen LogP contribution in [0.1, 0.15) is 31.0 Å². The monoisotopic (exact) mass is 550 g/mol. The van der Waals surface area contributed by atoms with Crippen LogP contribution in [0.3, 0.4) is 0 Å². The lowest BCUT2D eigenvalue weighted by Gasteiger charge is -2.24. The van der Waals surface area contributed by atoms with Gasteiger partial charge in [-0.15, -0.1) is 0 Å². The summed E-state index contributed by atoms with van der Waals surface area (Å²) in [6.45, 7) is 7.70. The van der Waals surface area contributed by atoms with Crippen molar-refractivity contribution in [2.45, 2.75) is 19.9 Å². The summed E-state index contributed by atoms with van der Waals surface area (Å²) in [5.41, 5.74) is 1.83. The van der Waals surface area contributed by atoms with Crippen molar-refractivity contribution in [3.05, 3.63) is 91.1 Å². The van der Waals surface area contributed by atoms with Crippen molar-refractivity contribution in [3.8, 4) is 23.0 Å². The number of benzene rings is 2. The van der Waals surface area contributed by atoms with Crippen LogP contribution in [-0.4, -0.2) is 45.1 Å². The number of aromatic nitrogens is 1. The van der Waals surface area contributed by atoms with E-state index in [-0.39, 0.29) is 12.2 Å². The Hall–Kier alpha value is -4.31. The van der Waals surface area contributed by atoms with Gasteiger partial charge in [-0.1, -0.05) is 36.1 Å². The lowest BCUT2D eigenvalue weighted by molar-refractivity contribution is -0.139. The Morgan fingerprint density at radius 2 is 1.74 bits per heavy atom. The number of thiazole rings is 1. The highest BCUT2D eigenvalue weighted by molar-refractivity contribution is 7.07. The summed E-state index contributed by atoms with van der Waals surface area (Å²) in [5, 5.41) is 0. The topological polar surface area (TPSA) is 97.6 Å². The Balaban J connectivity index is 1.92. The highest BCUT2D eigenvalue weighted by atomic mass is 32.1. The zero-order valence-corrected chi connectivity index (χ0v) is 23.3. The van der Waals surface area contributed by atoms with E-state index in [4.69, 9.17) is 23.7 Å². The van der Waals surface area contributed by atoms with Crippen LogP contribution in [0.2, 0.25) is 0 Å². The van der Waals surface area contributed by atoms with Gasteiger partial charge in [0.2, 0.25) is 0 Å². The molecule has 1 unspecified atom stereocenters. The predicted molar refractivity (Wildman–Crippen MR) is 149 cm³/mol. The predicted octanol–water partition coefficient (Wildman–Crippen LogP) is 3.39. The molecule has 0 fully saturated rings. The number of esters is 1. The molecule has 0 N–H and O–H groups in total. The largest absolute Gasteiger partial charge is 0.496 e. The van der Waals surface area contributed by atoms with E-state index in [0.717, 1.165) is 5.56 Å². The summed E-state index contributed by atoms with van der Waals surface area (Å²) in [7, 11) is 4.61. The highest BCUT2D eigenvalue weighted by Crippen LogP contribution is 2.35. The van der Waals surface area contributed by atoms with E-state index in [9.17, 15) is 9.59 Å². The second-order valence-corrected chi connectivity index (χ2v) is 9.43. The first-order chi connectivity index (χ1) is 18.9. The number of allylic oxidation sites excluding steroid dienone is 1. The smallest absolute Gasteiger partial charge is 0.338 e. The maximum Gasteiger partial charge on any atom is 0.338 e. The van der Waals surface area contributed by atoms with Gasteiger partial charge < -0.3 is 23.7 Å². The standard InChI is InChI=1S/C29H30N2O7S/c1-7-13-38-20-11-9-18(10-12-20)26-25(28(33)37-8-2)17(3)30-29-31(26)27(32)24(39-29)15-19-14-22(35-5)23(36-6)16-21(19)34-4/h7,9-12,14-16,26H,1,8,13H2,2-6H3/b24-15-. The van der Waals surface area contributed by atoms with Crippen LogP contribution < -0.4 is 33.8 Å². The summed E-state index contributed by atoms with van der Waals surface area (Å²) < 4.78 is 29.3. The zero-order chi connectivity index (χ0) is 28.1. The van der Waals surface area contributed by atoms with Crippen molar-refractivity contribution < 1.29 is 28.5 Å². The molecule has 3 aromatic rings. The number of carbonyl (C=O) groups excluding carboxylic acids is 1. The molecule has 1 aliphatic rings. The molecule has 1 atom stereocenters. The maximum absolute atomic E-state index is 13.9. The number of rotatable bonds is 10. The van der Waals surface area contributed by atoms with Gasteiger partial charge in [-0.25, -0.2) is 9.79 Å². The number of carbonyl (C=O) groups is 1. The van der Waals surface area contributed by atoms with Gasteiger partial charge in [0.25, 0.3) is 5.56 Å². The Bertz CT molecular complexity index is 1600. The molecule has 39 heavy (non-hydrogen) atoms. The lowest BCUT2D eigenvalue weighted by atomic mass is 9.96. The highest BCUT2D eigenvalue weighted by Gasteiger charge is 2.33. The first-order valence-electron chi connectivity index (χ1n) is 12.2. The number of nitrogens with zero attached hydrogens (tertiary/aromatic N) is 2. The Labute approximate surface area is 229 Å². The number of methoxy groups -OCH3 is 3. The van der Waals surface area contributed by atoms with Crippen LogP contribution in [0.4, 0.5) is 0 Å². The zero-order valence-electron chi connectivity index (χ0n) is 22.5. The molecule has 0 saturated heterocycles. The van der Waals surface area contributed by atoms with Crippen molar-refractivity contribution in [1.82, 2.24) is 4.57 Å². The second kappa shape index (κ2) is 12.0. The number of ether oxygens (including phenoxy) is 5. The molecule has 4 rings (SSSR count). The Kier molecular flexibility index (Phi) is 8.55. The molecule has 1 aliphatic heterocycles. The van der Waals surface area contributed by atoms with Crippen LogP contribution in [-0.2, 0) is 9.53 Å². The Morgan fingerprint density at radius 3 is 2.36 bits per heavy atom. The average Bonchev–Trinajstić information content (AvgIpc) is 3.25. The quantitative estimate of drug-likeness (QED) is 0.282. The average molecular weight is 551 g/mol. The second-order valence-electron chi connectivity index (χ2n) is 8.42. The lowest BCUT2D eigenvalue weighted by Crippen LogP contribution is -2.39. The molecule has 0 radical (unpaired) electrons. The molecule has 10 heteroatoms. The van der Waals surface area contributed by atoms with Gasteiger partial charge in [0.1, 0.15) is 18.1 Å². The Morgan fingerprint density at radius 1 is 1.08 bits per heavy atom. The minimum atomic E-state index is -0.733. The molecule has 0 amide bonds. The molecule has 9 nitrogen and oxygen atoms in total. The summed E-state index contributed by atoms with van der Waals surface area (Å²) >= 11 is 1.22.